The molecule has 9 heavy (non-hydrogen) atoms. The Morgan fingerprint density at radius 3 is 2.22 bits per heavy atom. The van der Waals surface area contributed by atoms with Gasteiger partial charge in [0.1, 0.15) is 11.9 Å². The van der Waals surface area contributed by atoms with Gasteiger partial charge in [0, 0.05) is 12.2 Å². The van der Waals surface area contributed by atoms with Gasteiger partial charge in [0.2, 0.25) is 5.24 Å². The molecule has 3 nitrogen and oxygen atoms in total. The highest BCUT2D eigenvalue weighted by atomic mass is 35.5. The lowest BCUT2D eigenvalue weighted by Gasteiger charge is -1.80. The van der Waals surface area contributed by atoms with Gasteiger partial charge in [0.25, 0.3) is 0 Å². The lowest BCUT2D eigenvalue weighted by molar-refractivity contribution is -0.128. The van der Waals surface area contributed by atoms with E-state index in [2.05, 4.69) is 16.2 Å². The Morgan fingerprint density at radius 2 is 1.89 bits per heavy atom. The minimum absolute atomic E-state index is 0.753. The number of hydrogen-bond acceptors (Lipinski definition) is 3. The van der Waals surface area contributed by atoms with Crippen molar-refractivity contribution in [2.75, 3.05) is 0 Å². The van der Waals surface area contributed by atoms with Crippen molar-refractivity contribution in [2.45, 2.75) is 0 Å². The highest BCUT2D eigenvalue weighted by molar-refractivity contribution is 6.66. The number of allylic oxidation sites excluding steroid dienone is 1. The number of carbonyl (C=O) groups excluding carboxylic acids is 2. The third-order valence-electron chi connectivity index (χ3n) is 0.426. The summed E-state index contributed by atoms with van der Waals surface area (Å²) >= 11 is 9.38. The topological polar surface area (TPSA) is 43.4 Å². The number of carbonyl (C=O) groups is 2. The predicted molar refractivity (Wildman–Crippen MR) is 31.9 cm³/mol. The van der Waals surface area contributed by atoms with Crippen LogP contribution in [0.15, 0.2) is 12.2 Å². The van der Waals surface area contributed by atoms with E-state index < -0.39 is 11.2 Å². The lowest BCUT2D eigenvalue weighted by Crippen LogP contribution is -1.90. The molecular weight excluding hydrogens is 167 g/mol. The van der Waals surface area contributed by atoms with Crippen LogP contribution in [0.25, 0.3) is 0 Å². The van der Waals surface area contributed by atoms with Gasteiger partial charge in [-0.05, 0) is 11.6 Å². The molecule has 0 aromatic rings. The van der Waals surface area contributed by atoms with Crippen molar-refractivity contribution < 1.29 is 13.9 Å². The van der Waals surface area contributed by atoms with Crippen LogP contribution in [0, 0.1) is 0 Å². The van der Waals surface area contributed by atoms with E-state index in [0.29, 0.717) is 0 Å². The van der Waals surface area contributed by atoms with Crippen molar-refractivity contribution in [3.05, 3.63) is 12.2 Å². The van der Waals surface area contributed by atoms with Gasteiger partial charge in [0.15, 0.2) is 0 Å². The van der Waals surface area contributed by atoms with Gasteiger partial charge in [0.05, 0.1) is 0 Å². The number of rotatable bonds is 2. The van der Waals surface area contributed by atoms with Gasteiger partial charge in [-0.15, -0.1) is 0 Å². The van der Waals surface area contributed by atoms with Crippen molar-refractivity contribution in [1.29, 1.82) is 0 Å². The summed E-state index contributed by atoms with van der Waals surface area (Å²) < 4.78 is 3.64. The molecule has 0 aliphatic carbocycles. The first kappa shape index (κ1) is 8.46. The Kier molecular flexibility index (Phi) is 4.09. The molecule has 5 heteroatoms. The normalized spacial score (nSPS) is 9.56. The summed E-state index contributed by atoms with van der Waals surface area (Å²) in [6, 6.07) is 0. The van der Waals surface area contributed by atoms with E-state index in [9.17, 15) is 9.59 Å². The smallest absolute Gasteiger partial charge is 0.344 e. The van der Waals surface area contributed by atoms with Gasteiger partial charge >= 0.3 is 5.97 Å². The average Bonchev–Trinajstić information content (AvgIpc) is 1.83. The molecule has 0 amide bonds. The molecule has 0 heterocycles. The first-order valence-electron chi connectivity index (χ1n) is 1.87. The monoisotopic (exact) mass is 168 g/mol. The van der Waals surface area contributed by atoms with Crippen molar-refractivity contribution in [1.82, 2.24) is 0 Å². The van der Waals surface area contributed by atoms with Crippen LogP contribution in [-0.2, 0) is 13.9 Å². The quantitative estimate of drug-likeness (QED) is 0.457. The van der Waals surface area contributed by atoms with Crippen molar-refractivity contribution in [3.63, 3.8) is 0 Å². The van der Waals surface area contributed by atoms with Crippen molar-refractivity contribution in [3.8, 4) is 0 Å². The van der Waals surface area contributed by atoms with E-state index >= 15 is 0 Å². The average molecular weight is 169 g/mol. The maximum atomic E-state index is 10.1. The summed E-state index contributed by atoms with van der Waals surface area (Å²) in [7, 11) is 0. The minimum atomic E-state index is -0.828. The lowest BCUT2D eigenvalue weighted by atomic mass is 10.5. The molecule has 0 rings (SSSR count). The highest BCUT2D eigenvalue weighted by Crippen LogP contribution is 1.87. The van der Waals surface area contributed by atoms with E-state index in [-0.39, 0.29) is 0 Å². The molecule has 0 aromatic heterocycles. The summed E-state index contributed by atoms with van der Waals surface area (Å²) in [4.78, 5) is 20.0. The van der Waals surface area contributed by atoms with Gasteiger partial charge in [-0.3, -0.25) is 4.79 Å². The van der Waals surface area contributed by atoms with Crippen LogP contribution in [0.5, 0.6) is 0 Å². The molecule has 0 saturated carbocycles. The maximum absolute atomic E-state index is 10.1. The second-order valence-corrected chi connectivity index (χ2v) is 1.56. The Balaban J connectivity index is 3.71. The molecule has 0 fully saturated rings. The van der Waals surface area contributed by atoms with Crippen LogP contribution >= 0.6 is 23.5 Å². The summed E-state index contributed by atoms with van der Waals surface area (Å²) in [5, 5.41) is -0.753. The Labute approximate surface area is 61.4 Å². The molecular formula is C4H2Cl2O3. The molecule has 0 unspecified atom stereocenters. The Bertz CT molecular complexity index is 152. The molecule has 0 aromatic carbocycles. The van der Waals surface area contributed by atoms with E-state index in [1.54, 1.807) is 0 Å². The highest BCUT2D eigenvalue weighted by Gasteiger charge is 1.93. The third kappa shape index (κ3) is 5.33. The molecule has 0 N–H and O–H groups in total. The van der Waals surface area contributed by atoms with E-state index in [0.717, 1.165) is 12.2 Å². The standard InChI is InChI=1S/C4H2Cl2O3/c5-3(7)1-2-4(8)9-6/h1-2H. The zero-order valence-electron chi connectivity index (χ0n) is 4.14. The molecule has 0 aliphatic heterocycles. The largest absolute Gasteiger partial charge is 0.349 e. The summed E-state index contributed by atoms with van der Waals surface area (Å²) in [6.07, 6.45) is 1.66. The maximum Gasteiger partial charge on any atom is 0.349 e. The fourth-order valence-corrected chi connectivity index (χ4v) is 0.274. The van der Waals surface area contributed by atoms with Crippen molar-refractivity contribution >= 4 is 34.7 Å². The van der Waals surface area contributed by atoms with Gasteiger partial charge in [-0.2, -0.15) is 0 Å². The van der Waals surface area contributed by atoms with Crippen LogP contribution in [-0.4, -0.2) is 11.2 Å². The SMILES string of the molecule is O=C(Cl)C=CC(=O)OCl. The molecule has 0 spiro atoms. The first-order chi connectivity index (χ1) is 4.16. The van der Waals surface area contributed by atoms with Gasteiger partial charge < -0.3 is 4.29 Å². The van der Waals surface area contributed by atoms with Crippen LogP contribution in [0.3, 0.4) is 0 Å². The molecule has 50 valence electrons. The van der Waals surface area contributed by atoms with Crippen LogP contribution < -0.4 is 0 Å². The van der Waals surface area contributed by atoms with Crippen LogP contribution in [0.1, 0.15) is 0 Å². The van der Waals surface area contributed by atoms with E-state index in [4.69, 9.17) is 11.6 Å². The fourth-order valence-electron chi connectivity index (χ4n) is 0.159. The summed E-state index contributed by atoms with van der Waals surface area (Å²) in [5.41, 5.74) is 0. The molecule has 0 saturated heterocycles. The van der Waals surface area contributed by atoms with E-state index in [1.165, 1.54) is 0 Å². The van der Waals surface area contributed by atoms with Gasteiger partial charge in [-0.1, -0.05) is 0 Å². The Hall–Kier alpha value is -0.540. The summed E-state index contributed by atoms with van der Waals surface area (Å²) in [5.74, 6) is -0.828. The second-order valence-electron chi connectivity index (χ2n) is 1.03. The molecule has 0 atom stereocenters. The van der Waals surface area contributed by atoms with E-state index in [1.807, 2.05) is 0 Å². The van der Waals surface area contributed by atoms with Crippen LogP contribution in [0.4, 0.5) is 0 Å². The van der Waals surface area contributed by atoms with Crippen LogP contribution in [0.2, 0.25) is 0 Å². The molecule has 0 aliphatic rings. The number of halogens is 2. The Morgan fingerprint density at radius 1 is 1.33 bits per heavy atom. The zero-order valence-corrected chi connectivity index (χ0v) is 5.65. The predicted octanol–water partition coefficient (Wildman–Crippen LogP) is 1.00. The zero-order chi connectivity index (χ0) is 7.28. The number of hydrogen-bond donors (Lipinski definition) is 0. The molecule has 0 radical (unpaired) electrons. The molecule has 0 bridgehead atoms. The third-order valence-corrected chi connectivity index (χ3v) is 0.705. The van der Waals surface area contributed by atoms with Crippen molar-refractivity contribution in [2.24, 2.45) is 0 Å². The first-order valence-corrected chi connectivity index (χ1v) is 2.55. The minimum Gasteiger partial charge on any atom is -0.344 e. The van der Waals surface area contributed by atoms with Gasteiger partial charge in [-0.25, -0.2) is 4.79 Å². The second kappa shape index (κ2) is 4.35. The fraction of sp³-hybridized carbons (Fsp3) is 0. The summed E-state index contributed by atoms with van der Waals surface area (Å²) in [6.45, 7) is 0.